The number of nitrogens with zero attached hydrogens (tertiary/aromatic N) is 6. The molecule has 0 radical (unpaired) electrons. The van der Waals surface area contributed by atoms with E-state index in [1.54, 1.807) is 25.4 Å². The molecule has 0 bridgehead atoms. The molecule has 0 aliphatic carbocycles. The number of nitrogens with one attached hydrogen (secondary N) is 2. The van der Waals surface area contributed by atoms with Gasteiger partial charge in [0.15, 0.2) is 11.6 Å². The molecule has 7 rings (SSSR count). The minimum atomic E-state index is -0.212. The Kier molecular flexibility index (Phi) is 9.86. The minimum absolute atomic E-state index is 0.0556. The summed E-state index contributed by atoms with van der Waals surface area (Å²) in [5, 5.41) is 5.91. The van der Waals surface area contributed by atoms with E-state index in [9.17, 15) is 14.4 Å². The van der Waals surface area contributed by atoms with E-state index in [4.69, 9.17) is 20.4 Å². The van der Waals surface area contributed by atoms with Crippen molar-refractivity contribution in [1.82, 2.24) is 30.6 Å². The van der Waals surface area contributed by atoms with Crippen LogP contribution in [0.25, 0.3) is 32.7 Å². The lowest BCUT2D eigenvalue weighted by molar-refractivity contribution is -0.117. The number of anilines is 3. The van der Waals surface area contributed by atoms with Crippen molar-refractivity contribution in [1.29, 1.82) is 0 Å². The zero-order valence-electron chi connectivity index (χ0n) is 28.5. The molecular formula is C37H39N9O4S. The van der Waals surface area contributed by atoms with Crippen molar-refractivity contribution >= 4 is 56.7 Å². The lowest BCUT2D eigenvalue weighted by Gasteiger charge is -2.34. The number of fused-ring (bicyclic) bond motifs is 2. The second kappa shape index (κ2) is 14.8. The zero-order chi connectivity index (χ0) is 35.5. The third-order valence-corrected chi connectivity index (χ3v) is 10.3. The van der Waals surface area contributed by atoms with Crippen LogP contribution in [-0.4, -0.2) is 83.1 Å². The van der Waals surface area contributed by atoms with Crippen LogP contribution in [0.15, 0.2) is 60.9 Å². The third-order valence-electron chi connectivity index (χ3n) is 9.17. The van der Waals surface area contributed by atoms with Crippen molar-refractivity contribution in [2.75, 3.05) is 54.9 Å². The number of carbonyl (C=O) groups is 3. The molecule has 3 aromatic heterocycles. The maximum Gasteiger partial charge on any atom is 0.261 e. The van der Waals surface area contributed by atoms with Gasteiger partial charge in [-0.05, 0) is 73.2 Å². The van der Waals surface area contributed by atoms with Gasteiger partial charge in [-0.15, -0.1) is 11.3 Å². The Bertz CT molecular complexity index is 2080. The fourth-order valence-corrected chi connectivity index (χ4v) is 7.54. The Morgan fingerprint density at radius 2 is 1.63 bits per heavy atom. The number of rotatable bonds is 9. The standard InChI is InChI=1S/C37H39N9O4S/c1-22-4-5-27-18-26(10-11-30(27)46(22)23(2)47)24-6-8-25(9-7-24)35(48)39-12-3-13-40-36(49)31-19-29-32(51-31)34(45-14-16-50-17-15-45)44-33(43-29)28-20-41-37(38)42-21-28/h6-11,18-22H,3-5,12-17H2,1-2H3,(H,39,48)(H,40,49)(H2,38,41,42)/t22-/m0/s1. The Hall–Kier alpha value is -5.47. The predicted octanol–water partition coefficient (Wildman–Crippen LogP) is 4.47. The fourth-order valence-electron chi connectivity index (χ4n) is 6.51. The number of carbonyl (C=O) groups excluding carboxylic acids is 3. The van der Waals surface area contributed by atoms with E-state index in [1.807, 2.05) is 41.3 Å². The normalized spacial score (nSPS) is 15.8. The molecule has 0 saturated carbocycles. The Balaban J connectivity index is 0.942. The first-order valence-corrected chi connectivity index (χ1v) is 17.9. The van der Waals surface area contributed by atoms with E-state index < -0.39 is 0 Å². The third kappa shape index (κ3) is 7.37. The Morgan fingerprint density at radius 1 is 0.922 bits per heavy atom. The van der Waals surface area contributed by atoms with Crippen molar-refractivity contribution < 1.29 is 19.1 Å². The summed E-state index contributed by atoms with van der Waals surface area (Å²) < 4.78 is 6.36. The summed E-state index contributed by atoms with van der Waals surface area (Å²) in [5.41, 5.74) is 11.7. The highest BCUT2D eigenvalue weighted by molar-refractivity contribution is 7.21. The van der Waals surface area contributed by atoms with E-state index in [0.29, 0.717) is 73.2 Å². The number of aryl methyl sites for hydroxylation is 1. The van der Waals surface area contributed by atoms with Crippen LogP contribution in [0.4, 0.5) is 17.5 Å². The first-order valence-electron chi connectivity index (χ1n) is 17.1. The number of hydrogen-bond donors (Lipinski definition) is 3. The highest BCUT2D eigenvalue weighted by Gasteiger charge is 2.26. The van der Waals surface area contributed by atoms with Crippen molar-refractivity contribution in [3.63, 3.8) is 0 Å². The van der Waals surface area contributed by atoms with Crippen molar-refractivity contribution in [2.45, 2.75) is 39.2 Å². The van der Waals surface area contributed by atoms with Crippen LogP contribution in [0, 0.1) is 0 Å². The van der Waals surface area contributed by atoms with Gasteiger partial charge in [0.05, 0.1) is 33.9 Å². The summed E-state index contributed by atoms with van der Waals surface area (Å²) in [6.07, 6.45) is 5.58. The number of aromatic nitrogens is 4. The smallest absolute Gasteiger partial charge is 0.261 e. The van der Waals surface area contributed by atoms with Crippen molar-refractivity contribution in [2.24, 2.45) is 0 Å². The van der Waals surface area contributed by atoms with Gasteiger partial charge in [-0.2, -0.15) is 0 Å². The van der Waals surface area contributed by atoms with Crippen LogP contribution in [0.3, 0.4) is 0 Å². The summed E-state index contributed by atoms with van der Waals surface area (Å²) in [5.74, 6) is 1.03. The lowest BCUT2D eigenvalue weighted by Crippen LogP contribution is -2.40. The molecule has 1 atom stereocenters. The van der Waals surface area contributed by atoms with Gasteiger partial charge in [0, 0.05) is 62.8 Å². The highest BCUT2D eigenvalue weighted by Crippen LogP contribution is 2.36. The number of thiophene rings is 1. The minimum Gasteiger partial charge on any atom is -0.378 e. The molecule has 3 amide bonds. The van der Waals surface area contributed by atoms with Crippen molar-refractivity contribution in [3.05, 3.63) is 76.9 Å². The van der Waals surface area contributed by atoms with Gasteiger partial charge in [0.2, 0.25) is 11.9 Å². The molecule has 51 heavy (non-hydrogen) atoms. The molecule has 2 aromatic carbocycles. The first-order chi connectivity index (χ1) is 24.7. The van der Waals surface area contributed by atoms with Gasteiger partial charge < -0.3 is 30.9 Å². The number of hydrogen-bond acceptors (Lipinski definition) is 11. The molecule has 2 aliphatic heterocycles. The molecule has 0 spiro atoms. The number of benzene rings is 2. The monoisotopic (exact) mass is 705 g/mol. The van der Waals surface area contributed by atoms with Crippen LogP contribution in [-0.2, 0) is 16.0 Å². The maximum atomic E-state index is 13.2. The molecule has 262 valence electrons. The summed E-state index contributed by atoms with van der Waals surface area (Å²) in [7, 11) is 0. The molecule has 2 aliphatic rings. The van der Waals surface area contributed by atoms with E-state index in [0.717, 1.165) is 45.7 Å². The van der Waals surface area contributed by atoms with Crippen LogP contribution in [0.5, 0.6) is 0 Å². The largest absolute Gasteiger partial charge is 0.378 e. The molecule has 0 unspecified atom stereocenters. The SMILES string of the molecule is CC(=O)N1c2ccc(-c3ccc(C(=O)NCCCNC(=O)c4cc5nc(-c6cnc(N)nc6)nc(N6CCOCC6)c5s4)cc3)cc2CC[C@@H]1C. The number of ether oxygens (including phenoxy) is 1. The number of amides is 3. The van der Waals surface area contributed by atoms with E-state index in [2.05, 4.69) is 38.5 Å². The Labute approximate surface area is 299 Å². The van der Waals surface area contributed by atoms with Gasteiger partial charge in [-0.25, -0.2) is 19.9 Å². The average molecular weight is 706 g/mol. The average Bonchev–Trinajstić information content (AvgIpc) is 3.59. The van der Waals surface area contributed by atoms with Crippen molar-refractivity contribution in [3.8, 4) is 22.5 Å². The van der Waals surface area contributed by atoms with Gasteiger partial charge in [-0.3, -0.25) is 14.4 Å². The van der Waals surface area contributed by atoms with Crippen LogP contribution >= 0.6 is 11.3 Å². The van der Waals surface area contributed by atoms with Gasteiger partial charge >= 0.3 is 0 Å². The van der Waals surface area contributed by atoms with E-state index in [1.165, 1.54) is 11.3 Å². The molecule has 1 fully saturated rings. The zero-order valence-corrected chi connectivity index (χ0v) is 29.3. The molecule has 4 N–H and O–H groups in total. The van der Waals surface area contributed by atoms with Crippen LogP contribution in [0.1, 0.15) is 52.3 Å². The number of nitrogens with two attached hydrogens (primary N) is 1. The summed E-state index contributed by atoms with van der Waals surface area (Å²) in [4.78, 5) is 60.5. The number of nitrogen functional groups attached to an aromatic ring is 1. The molecule has 14 heteroatoms. The number of morpholine rings is 1. The predicted molar refractivity (Wildman–Crippen MR) is 198 cm³/mol. The molecule has 13 nitrogen and oxygen atoms in total. The van der Waals surface area contributed by atoms with E-state index in [-0.39, 0.29) is 29.7 Å². The molecule has 5 aromatic rings. The second-order valence-corrected chi connectivity index (χ2v) is 13.7. The van der Waals surface area contributed by atoms with E-state index >= 15 is 0 Å². The fraction of sp³-hybridized carbons (Fsp3) is 0.324. The van der Waals surface area contributed by atoms with Gasteiger partial charge in [0.1, 0.15) is 0 Å². The first kappa shape index (κ1) is 34.0. The second-order valence-electron chi connectivity index (χ2n) is 12.7. The molecular weight excluding hydrogens is 667 g/mol. The molecule has 1 saturated heterocycles. The highest BCUT2D eigenvalue weighted by atomic mass is 32.1. The summed E-state index contributed by atoms with van der Waals surface area (Å²) >= 11 is 1.35. The van der Waals surface area contributed by atoms with Crippen LogP contribution < -0.4 is 26.2 Å². The quantitative estimate of drug-likeness (QED) is 0.186. The Morgan fingerprint density at radius 3 is 2.35 bits per heavy atom. The maximum absolute atomic E-state index is 13.2. The topological polar surface area (TPSA) is 169 Å². The van der Waals surface area contributed by atoms with Gasteiger partial charge in [0.25, 0.3) is 11.8 Å². The van der Waals surface area contributed by atoms with Gasteiger partial charge in [-0.1, -0.05) is 18.2 Å². The van der Waals surface area contributed by atoms with Crippen LogP contribution in [0.2, 0.25) is 0 Å². The molecule has 5 heterocycles. The summed E-state index contributed by atoms with van der Waals surface area (Å²) in [6, 6.07) is 15.7. The lowest BCUT2D eigenvalue weighted by atomic mass is 9.93. The summed E-state index contributed by atoms with van der Waals surface area (Å²) in [6.45, 7) is 7.01.